The number of rotatable bonds is 4. The van der Waals surface area contributed by atoms with Gasteiger partial charge in [-0.15, -0.1) is 0 Å². The topological polar surface area (TPSA) is 55.2 Å². The van der Waals surface area contributed by atoms with Crippen LogP contribution >= 0.6 is 35.4 Å². The summed E-state index contributed by atoms with van der Waals surface area (Å²) in [5.41, 5.74) is 1.54. The average molecular weight is 379 g/mol. The van der Waals surface area contributed by atoms with Crippen molar-refractivity contribution in [3.05, 3.63) is 62.8 Å². The number of ether oxygens (including phenoxy) is 1. The van der Waals surface area contributed by atoms with Crippen molar-refractivity contribution < 1.29 is 4.74 Å². The molecule has 0 aliphatic heterocycles. The highest BCUT2D eigenvalue weighted by atomic mass is 35.5. The molecule has 2 aromatic carbocycles. The first-order chi connectivity index (χ1) is 11.6. The van der Waals surface area contributed by atoms with Gasteiger partial charge in [0.05, 0.1) is 18.3 Å². The van der Waals surface area contributed by atoms with Crippen molar-refractivity contribution >= 4 is 41.6 Å². The number of halogens is 2. The van der Waals surface area contributed by atoms with E-state index in [1.54, 1.807) is 31.5 Å². The summed E-state index contributed by atoms with van der Waals surface area (Å²) in [4.78, 5) is 0. The van der Waals surface area contributed by atoms with Crippen LogP contribution in [-0.2, 0) is 0 Å². The smallest absolute Gasteiger partial charge is 0.216 e. The number of aromatic nitrogens is 3. The third-order valence-electron chi connectivity index (χ3n) is 3.24. The Balaban J connectivity index is 2.01. The molecule has 122 valence electrons. The molecule has 1 aromatic heterocycles. The van der Waals surface area contributed by atoms with Gasteiger partial charge in [-0.1, -0.05) is 35.3 Å². The summed E-state index contributed by atoms with van der Waals surface area (Å²) in [5.74, 6) is 1.25. The van der Waals surface area contributed by atoms with Crippen molar-refractivity contribution in [1.29, 1.82) is 0 Å². The minimum absolute atomic E-state index is 0.357. The van der Waals surface area contributed by atoms with E-state index in [0.29, 0.717) is 26.2 Å². The average Bonchev–Trinajstić information content (AvgIpc) is 2.94. The van der Waals surface area contributed by atoms with E-state index in [9.17, 15) is 0 Å². The lowest BCUT2D eigenvalue weighted by molar-refractivity contribution is 0.415. The molecule has 0 saturated carbocycles. The number of hydrogen-bond donors (Lipinski definition) is 1. The van der Waals surface area contributed by atoms with Gasteiger partial charge in [0.25, 0.3) is 0 Å². The lowest BCUT2D eigenvalue weighted by atomic mass is 10.2. The van der Waals surface area contributed by atoms with Gasteiger partial charge in [0, 0.05) is 10.6 Å². The number of nitrogens with zero attached hydrogens (tertiary/aromatic N) is 3. The quantitative estimate of drug-likeness (QED) is 0.523. The van der Waals surface area contributed by atoms with Crippen LogP contribution < -0.4 is 4.74 Å². The Hall–Kier alpha value is -2.15. The van der Waals surface area contributed by atoms with E-state index in [0.717, 1.165) is 11.3 Å². The molecule has 0 aliphatic carbocycles. The van der Waals surface area contributed by atoms with Crippen molar-refractivity contribution in [3.63, 3.8) is 0 Å². The van der Waals surface area contributed by atoms with Crippen LogP contribution in [0.25, 0.3) is 11.4 Å². The fourth-order valence-electron chi connectivity index (χ4n) is 2.09. The maximum absolute atomic E-state index is 6.25. The lowest BCUT2D eigenvalue weighted by Crippen LogP contribution is -1.96. The largest absolute Gasteiger partial charge is 0.497 e. The molecule has 3 rings (SSSR count). The summed E-state index contributed by atoms with van der Waals surface area (Å²) in [6.45, 7) is 0. The van der Waals surface area contributed by atoms with E-state index < -0.39 is 0 Å². The van der Waals surface area contributed by atoms with Gasteiger partial charge in [-0.05, 0) is 48.1 Å². The molecule has 0 atom stereocenters. The van der Waals surface area contributed by atoms with Crippen LogP contribution in [0.1, 0.15) is 5.56 Å². The lowest BCUT2D eigenvalue weighted by Gasteiger charge is -2.04. The predicted molar refractivity (Wildman–Crippen MR) is 98.9 cm³/mol. The van der Waals surface area contributed by atoms with Crippen molar-refractivity contribution in [3.8, 4) is 17.1 Å². The number of aromatic amines is 1. The van der Waals surface area contributed by atoms with Gasteiger partial charge in [-0.25, -0.2) is 5.10 Å². The summed E-state index contributed by atoms with van der Waals surface area (Å²) in [6, 6.07) is 12.7. The van der Waals surface area contributed by atoms with E-state index in [1.807, 2.05) is 24.3 Å². The summed E-state index contributed by atoms with van der Waals surface area (Å²) >= 11 is 17.4. The number of hydrogen-bond acceptors (Lipinski definition) is 4. The van der Waals surface area contributed by atoms with Gasteiger partial charge < -0.3 is 4.74 Å². The van der Waals surface area contributed by atoms with Crippen molar-refractivity contribution in [2.45, 2.75) is 0 Å². The monoisotopic (exact) mass is 378 g/mol. The zero-order valence-corrected chi connectivity index (χ0v) is 14.9. The zero-order chi connectivity index (χ0) is 17.1. The molecular formula is C16H12Cl2N4OS. The first-order valence-electron chi connectivity index (χ1n) is 6.90. The molecule has 0 unspecified atom stereocenters. The normalized spacial score (nSPS) is 11.1. The van der Waals surface area contributed by atoms with Gasteiger partial charge in [-0.2, -0.15) is 14.9 Å². The molecule has 8 heteroatoms. The second-order valence-corrected chi connectivity index (χ2v) is 6.04. The molecule has 3 aromatic rings. The molecule has 1 heterocycles. The highest BCUT2D eigenvalue weighted by molar-refractivity contribution is 7.71. The minimum atomic E-state index is 0.357. The number of H-pyrrole nitrogens is 1. The van der Waals surface area contributed by atoms with Gasteiger partial charge in [-0.3, -0.25) is 0 Å². The third kappa shape index (κ3) is 3.51. The molecule has 0 radical (unpaired) electrons. The van der Waals surface area contributed by atoms with E-state index in [1.165, 1.54) is 4.68 Å². The molecule has 1 N–H and O–H groups in total. The van der Waals surface area contributed by atoms with Crippen molar-refractivity contribution in [2.75, 3.05) is 7.11 Å². The first-order valence-corrected chi connectivity index (χ1v) is 8.06. The van der Waals surface area contributed by atoms with Crippen LogP contribution in [0.5, 0.6) is 5.75 Å². The van der Waals surface area contributed by atoms with Crippen LogP contribution in [0.15, 0.2) is 47.6 Å². The standard InChI is InChI=1S/C16H12Cl2N4OS/c1-23-12-4-2-3-10(7-12)9-19-22-15(20-21-16(22)24)13-6-5-11(17)8-14(13)18/h2-9H,1H3,(H,21,24). The summed E-state index contributed by atoms with van der Waals surface area (Å²) < 4.78 is 7.06. The summed E-state index contributed by atoms with van der Waals surface area (Å²) in [5, 5.41) is 12.3. The molecule has 0 aliphatic rings. The first kappa shape index (κ1) is 16.7. The Morgan fingerprint density at radius 3 is 2.83 bits per heavy atom. The molecule has 24 heavy (non-hydrogen) atoms. The number of methoxy groups -OCH3 is 1. The molecule has 0 spiro atoms. The van der Waals surface area contributed by atoms with Crippen LogP contribution in [0.3, 0.4) is 0 Å². The second kappa shape index (κ2) is 7.17. The minimum Gasteiger partial charge on any atom is -0.497 e. The van der Waals surface area contributed by atoms with Crippen LogP contribution in [0.2, 0.25) is 10.0 Å². The Kier molecular flexibility index (Phi) is 4.99. The molecule has 0 saturated heterocycles. The van der Waals surface area contributed by atoms with Gasteiger partial charge in [0.1, 0.15) is 5.75 Å². The molecule has 0 bridgehead atoms. The van der Waals surface area contributed by atoms with Crippen molar-refractivity contribution in [1.82, 2.24) is 14.9 Å². The van der Waals surface area contributed by atoms with E-state index >= 15 is 0 Å². The second-order valence-electron chi connectivity index (χ2n) is 4.81. The summed E-state index contributed by atoms with van der Waals surface area (Å²) in [6.07, 6.45) is 1.67. The maximum Gasteiger partial charge on any atom is 0.216 e. The molecule has 0 fully saturated rings. The maximum atomic E-state index is 6.25. The SMILES string of the molecule is COc1cccc(C=Nn2c(-c3ccc(Cl)cc3Cl)n[nH]c2=S)c1. The zero-order valence-electron chi connectivity index (χ0n) is 12.5. The van der Waals surface area contributed by atoms with Gasteiger partial charge in [0.15, 0.2) is 5.82 Å². The molecule has 5 nitrogen and oxygen atoms in total. The van der Waals surface area contributed by atoms with Crippen molar-refractivity contribution in [2.24, 2.45) is 5.10 Å². The van der Waals surface area contributed by atoms with E-state index in [-0.39, 0.29) is 0 Å². The highest BCUT2D eigenvalue weighted by Crippen LogP contribution is 2.29. The van der Waals surface area contributed by atoms with Gasteiger partial charge in [0.2, 0.25) is 4.77 Å². The predicted octanol–water partition coefficient (Wildman–Crippen LogP) is 4.81. The Morgan fingerprint density at radius 1 is 1.25 bits per heavy atom. The Labute approximate surface area is 153 Å². The Morgan fingerprint density at radius 2 is 2.08 bits per heavy atom. The van der Waals surface area contributed by atoms with Crippen LogP contribution in [0, 0.1) is 4.77 Å². The number of nitrogens with one attached hydrogen (secondary N) is 1. The van der Waals surface area contributed by atoms with E-state index in [2.05, 4.69) is 15.3 Å². The number of benzene rings is 2. The van der Waals surface area contributed by atoms with E-state index in [4.69, 9.17) is 40.2 Å². The third-order valence-corrected chi connectivity index (χ3v) is 4.05. The van der Waals surface area contributed by atoms with Crippen LogP contribution in [0.4, 0.5) is 0 Å². The molecular weight excluding hydrogens is 367 g/mol. The molecule has 0 amide bonds. The Bertz CT molecular complexity index is 965. The van der Waals surface area contributed by atoms with Crippen LogP contribution in [-0.4, -0.2) is 28.2 Å². The fraction of sp³-hybridized carbons (Fsp3) is 0.0625. The summed E-state index contributed by atoms with van der Waals surface area (Å²) in [7, 11) is 1.61. The fourth-order valence-corrected chi connectivity index (χ4v) is 2.76. The van der Waals surface area contributed by atoms with Gasteiger partial charge >= 0.3 is 0 Å². The highest BCUT2D eigenvalue weighted by Gasteiger charge is 2.12.